The number of aryl methyl sites for hydroxylation is 1. The van der Waals surface area contributed by atoms with Crippen LogP contribution in [0.3, 0.4) is 0 Å². The first kappa shape index (κ1) is 17.5. The number of hydrogen-bond acceptors (Lipinski definition) is 2. The zero-order valence-electron chi connectivity index (χ0n) is 14.5. The number of hydrogen-bond donors (Lipinski definition) is 0. The molecule has 126 valence electrons. The lowest BCUT2D eigenvalue weighted by Gasteiger charge is -2.25. The van der Waals surface area contributed by atoms with E-state index in [4.69, 9.17) is 0 Å². The number of amides is 2. The first-order valence-electron chi connectivity index (χ1n) is 8.71. The van der Waals surface area contributed by atoms with Gasteiger partial charge >= 0.3 is 0 Å². The Hall–Kier alpha value is -1.84. The lowest BCUT2D eigenvalue weighted by molar-refractivity contribution is -0.135. The van der Waals surface area contributed by atoms with E-state index < -0.39 is 0 Å². The van der Waals surface area contributed by atoms with Crippen LogP contribution in [0.1, 0.15) is 49.0 Å². The summed E-state index contributed by atoms with van der Waals surface area (Å²) in [6.45, 7) is 8.90. The first-order chi connectivity index (χ1) is 11.1. The van der Waals surface area contributed by atoms with Gasteiger partial charge in [-0.1, -0.05) is 31.5 Å². The highest BCUT2D eigenvalue weighted by Gasteiger charge is 2.25. The fourth-order valence-corrected chi connectivity index (χ4v) is 3.12. The van der Waals surface area contributed by atoms with E-state index in [2.05, 4.69) is 13.8 Å². The van der Waals surface area contributed by atoms with Crippen molar-refractivity contribution >= 4 is 11.8 Å². The molecule has 2 rings (SSSR count). The standard InChI is InChI=1S/C19H28N2O2/c1-4-16(5-2)18(22)20-11-6-12-21(14-13-20)19(23)17-9-7-15(3)8-10-17/h7-10,16H,4-6,11-14H2,1-3H3. The molecular formula is C19H28N2O2. The second-order valence-corrected chi connectivity index (χ2v) is 6.35. The largest absolute Gasteiger partial charge is 0.341 e. The SMILES string of the molecule is CCC(CC)C(=O)N1CCCN(C(=O)c2ccc(C)cc2)CC1. The fraction of sp³-hybridized carbons (Fsp3) is 0.579. The number of benzene rings is 1. The van der Waals surface area contributed by atoms with Crippen molar-refractivity contribution in [2.75, 3.05) is 26.2 Å². The summed E-state index contributed by atoms with van der Waals surface area (Å²) < 4.78 is 0. The maximum atomic E-state index is 12.6. The van der Waals surface area contributed by atoms with E-state index in [1.54, 1.807) is 0 Å². The second kappa shape index (κ2) is 8.14. The Morgan fingerprint density at radius 3 is 2.13 bits per heavy atom. The van der Waals surface area contributed by atoms with Crippen molar-refractivity contribution in [2.45, 2.75) is 40.0 Å². The first-order valence-corrected chi connectivity index (χ1v) is 8.71. The molecule has 0 N–H and O–H groups in total. The topological polar surface area (TPSA) is 40.6 Å². The fourth-order valence-electron chi connectivity index (χ4n) is 3.12. The van der Waals surface area contributed by atoms with Crippen molar-refractivity contribution in [1.82, 2.24) is 9.80 Å². The van der Waals surface area contributed by atoms with Crippen LogP contribution >= 0.6 is 0 Å². The Morgan fingerprint density at radius 2 is 1.52 bits per heavy atom. The van der Waals surface area contributed by atoms with Gasteiger partial charge in [0, 0.05) is 37.7 Å². The Balaban J connectivity index is 1.99. The van der Waals surface area contributed by atoms with Crippen LogP contribution in [0.25, 0.3) is 0 Å². The summed E-state index contributed by atoms with van der Waals surface area (Å²) >= 11 is 0. The van der Waals surface area contributed by atoms with E-state index >= 15 is 0 Å². The number of nitrogens with zero attached hydrogens (tertiary/aromatic N) is 2. The van der Waals surface area contributed by atoms with Crippen molar-refractivity contribution < 1.29 is 9.59 Å². The average Bonchev–Trinajstić information content (AvgIpc) is 2.82. The van der Waals surface area contributed by atoms with Gasteiger partial charge in [-0.25, -0.2) is 0 Å². The predicted molar refractivity (Wildman–Crippen MR) is 92.4 cm³/mol. The molecule has 1 saturated heterocycles. The molecule has 2 amide bonds. The van der Waals surface area contributed by atoms with Gasteiger partial charge in [-0.05, 0) is 38.3 Å². The normalized spacial score (nSPS) is 15.7. The zero-order valence-corrected chi connectivity index (χ0v) is 14.5. The Bertz CT molecular complexity index is 535. The molecule has 1 aromatic carbocycles. The van der Waals surface area contributed by atoms with E-state index in [1.807, 2.05) is 41.0 Å². The van der Waals surface area contributed by atoms with Crippen molar-refractivity contribution in [3.8, 4) is 0 Å². The molecule has 0 aliphatic carbocycles. The Labute approximate surface area is 139 Å². The lowest BCUT2D eigenvalue weighted by Crippen LogP contribution is -2.39. The molecule has 4 heteroatoms. The molecular weight excluding hydrogens is 288 g/mol. The molecule has 0 saturated carbocycles. The third-order valence-electron chi connectivity index (χ3n) is 4.73. The molecule has 4 nitrogen and oxygen atoms in total. The average molecular weight is 316 g/mol. The van der Waals surface area contributed by atoms with Gasteiger partial charge in [0.15, 0.2) is 0 Å². The van der Waals surface area contributed by atoms with Crippen LogP contribution in [-0.2, 0) is 4.79 Å². The quantitative estimate of drug-likeness (QED) is 0.856. The molecule has 1 aliphatic heterocycles. The van der Waals surface area contributed by atoms with Crippen LogP contribution in [-0.4, -0.2) is 47.8 Å². The third-order valence-corrected chi connectivity index (χ3v) is 4.73. The lowest BCUT2D eigenvalue weighted by atomic mass is 10.0. The van der Waals surface area contributed by atoms with Gasteiger partial charge in [-0.3, -0.25) is 9.59 Å². The number of rotatable bonds is 4. The zero-order chi connectivity index (χ0) is 16.8. The second-order valence-electron chi connectivity index (χ2n) is 6.35. The highest BCUT2D eigenvalue weighted by atomic mass is 16.2. The minimum atomic E-state index is 0.0711. The van der Waals surface area contributed by atoms with E-state index in [0.717, 1.165) is 43.5 Å². The summed E-state index contributed by atoms with van der Waals surface area (Å²) in [5.41, 5.74) is 1.88. The molecule has 1 fully saturated rings. The molecule has 0 unspecified atom stereocenters. The van der Waals surface area contributed by atoms with Gasteiger partial charge < -0.3 is 9.80 Å². The summed E-state index contributed by atoms with van der Waals surface area (Å²) in [5.74, 6) is 0.441. The van der Waals surface area contributed by atoms with Crippen molar-refractivity contribution in [1.29, 1.82) is 0 Å². The predicted octanol–water partition coefficient (Wildman–Crippen LogP) is 3.11. The molecule has 0 bridgehead atoms. The maximum absolute atomic E-state index is 12.6. The monoisotopic (exact) mass is 316 g/mol. The third kappa shape index (κ3) is 4.34. The van der Waals surface area contributed by atoms with E-state index in [-0.39, 0.29) is 17.7 Å². The summed E-state index contributed by atoms with van der Waals surface area (Å²) in [6.07, 6.45) is 2.62. The Kier molecular flexibility index (Phi) is 6.20. The Morgan fingerprint density at radius 1 is 0.957 bits per heavy atom. The molecule has 1 aromatic rings. The molecule has 0 aromatic heterocycles. The van der Waals surface area contributed by atoms with Crippen molar-refractivity contribution in [2.24, 2.45) is 5.92 Å². The minimum Gasteiger partial charge on any atom is -0.341 e. The highest BCUT2D eigenvalue weighted by molar-refractivity contribution is 5.94. The van der Waals surface area contributed by atoms with Crippen molar-refractivity contribution in [3.63, 3.8) is 0 Å². The van der Waals surface area contributed by atoms with Gasteiger partial charge in [0.25, 0.3) is 5.91 Å². The van der Waals surface area contributed by atoms with Gasteiger partial charge in [-0.15, -0.1) is 0 Å². The minimum absolute atomic E-state index is 0.0711. The highest BCUT2D eigenvalue weighted by Crippen LogP contribution is 2.15. The molecule has 1 aliphatic rings. The number of carbonyl (C=O) groups is 2. The van der Waals surface area contributed by atoms with Crippen LogP contribution in [0.4, 0.5) is 0 Å². The van der Waals surface area contributed by atoms with Crippen LogP contribution in [0, 0.1) is 12.8 Å². The maximum Gasteiger partial charge on any atom is 0.253 e. The molecule has 0 radical (unpaired) electrons. The van der Waals surface area contributed by atoms with E-state index in [9.17, 15) is 9.59 Å². The van der Waals surface area contributed by atoms with Crippen LogP contribution in [0.5, 0.6) is 0 Å². The van der Waals surface area contributed by atoms with Crippen LogP contribution in [0.15, 0.2) is 24.3 Å². The van der Waals surface area contributed by atoms with Gasteiger partial charge in [0.2, 0.25) is 5.91 Å². The number of carbonyl (C=O) groups excluding carboxylic acids is 2. The molecule has 23 heavy (non-hydrogen) atoms. The smallest absolute Gasteiger partial charge is 0.253 e. The molecule has 1 heterocycles. The molecule has 0 atom stereocenters. The summed E-state index contributed by atoms with van der Waals surface area (Å²) in [4.78, 5) is 29.0. The summed E-state index contributed by atoms with van der Waals surface area (Å²) in [6, 6.07) is 7.70. The van der Waals surface area contributed by atoms with Gasteiger partial charge in [-0.2, -0.15) is 0 Å². The van der Waals surface area contributed by atoms with Gasteiger partial charge in [0.1, 0.15) is 0 Å². The van der Waals surface area contributed by atoms with Crippen LogP contribution in [0.2, 0.25) is 0 Å². The van der Waals surface area contributed by atoms with Gasteiger partial charge in [0.05, 0.1) is 0 Å². The molecule has 0 spiro atoms. The summed E-state index contributed by atoms with van der Waals surface area (Å²) in [5, 5.41) is 0. The summed E-state index contributed by atoms with van der Waals surface area (Å²) in [7, 11) is 0. The van der Waals surface area contributed by atoms with Crippen molar-refractivity contribution in [3.05, 3.63) is 35.4 Å². The van der Waals surface area contributed by atoms with Crippen LogP contribution < -0.4 is 0 Å². The van der Waals surface area contributed by atoms with E-state index in [1.165, 1.54) is 0 Å². The van der Waals surface area contributed by atoms with E-state index in [0.29, 0.717) is 13.1 Å².